The molecular formula is C15H29NO4. The van der Waals surface area contributed by atoms with Crippen molar-refractivity contribution in [1.82, 2.24) is 5.32 Å². The number of nitrogens with one attached hydrogen (secondary N) is 1. The molecule has 1 heterocycles. The molecule has 5 nitrogen and oxygen atoms in total. The van der Waals surface area contributed by atoms with E-state index in [4.69, 9.17) is 14.2 Å². The Kier molecular flexibility index (Phi) is 8.11. The van der Waals surface area contributed by atoms with E-state index in [0.717, 1.165) is 52.0 Å². The Morgan fingerprint density at radius 1 is 1.40 bits per heavy atom. The topological polar surface area (TPSA) is 56.8 Å². The van der Waals surface area contributed by atoms with E-state index in [0.29, 0.717) is 12.5 Å². The molecule has 0 aromatic rings. The Morgan fingerprint density at radius 3 is 2.70 bits per heavy atom. The first-order valence-electron chi connectivity index (χ1n) is 7.61. The molecule has 0 aromatic carbocycles. The molecule has 1 aliphatic rings. The van der Waals surface area contributed by atoms with E-state index in [2.05, 4.69) is 5.32 Å². The first-order valence-corrected chi connectivity index (χ1v) is 7.61. The molecule has 1 rings (SSSR count). The van der Waals surface area contributed by atoms with Crippen molar-refractivity contribution >= 4 is 5.97 Å². The lowest BCUT2D eigenvalue weighted by atomic mass is 9.96. The van der Waals surface area contributed by atoms with Gasteiger partial charge in [-0.15, -0.1) is 0 Å². The number of carbonyl (C=O) groups is 1. The van der Waals surface area contributed by atoms with Crippen LogP contribution in [0.3, 0.4) is 0 Å². The summed E-state index contributed by atoms with van der Waals surface area (Å²) in [5.41, 5.74) is -0.606. The van der Waals surface area contributed by atoms with Gasteiger partial charge in [0.2, 0.25) is 0 Å². The molecule has 0 bridgehead atoms. The SMILES string of the molecule is CCNC(C)(CCCOCC1CCOCC1)C(=O)OC. The molecule has 1 atom stereocenters. The molecule has 1 saturated heterocycles. The lowest BCUT2D eigenvalue weighted by Crippen LogP contribution is -2.50. The first-order chi connectivity index (χ1) is 9.62. The molecular weight excluding hydrogens is 258 g/mol. The van der Waals surface area contributed by atoms with Crippen molar-refractivity contribution in [3.63, 3.8) is 0 Å². The molecule has 1 N–H and O–H groups in total. The zero-order valence-corrected chi connectivity index (χ0v) is 13.1. The molecule has 1 unspecified atom stereocenters. The van der Waals surface area contributed by atoms with Crippen LogP contribution in [0, 0.1) is 5.92 Å². The van der Waals surface area contributed by atoms with Crippen LogP contribution in [-0.4, -0.2) is 51.6 Å². The lowest BCUT2D eigenvalue weighted by Gasteiger charge is -2.27. The summed E-state index contributed by atoms with van der Waals surface area (Å²) in [6.07, 6.45) is 3.76. The molecule has 0 saturated carbocycles. The minimum atomic E-state index is -0.606. The van der Waals surface area contributed by atoms with Crippen LogP contribution < -0.4 is 5.32 Å². The first kappa shape index (κ1) is 17.4. The number of likely N-dealkylation sites (N-methyl/N-ethyl adjacent to an activating group) is 1. The largest absolute Gasteiger partial charge is 0.468 e. The average Bonchev–Trinajstić information content (AvgIpc) is 2.47. The van der Waals surface area contributed by atoms with Crippen LogP contribution in [0.25, 0.3) is 0 Å². The van der Waals surface area contributed by atoms with Gasteiger partial charge in [-0.25, -0.2) is 0 Å². The summed E-state index contributed by atoms with van der Waals surface area (Å²) >= 11 is 0. The van der Waals surface area contributed by atoms with E-state index in [-0.39, 0.29) is 5.97 Å². The summed E-state index contributed by atoms with van der Waals surface area (Å²) in [5, 5.41) is 3.20. The zero-order chi connectivity index (χ0) is 14.8. The second-order valence-electron chi connectivity index (χ2n) is 5.59. The number of esters is 1. The van der Waals surface area contributed by atoms with Crippen LogP contribution in [-0.2, 0) is 19.0 Å². The van der Waals surface area contributed by atoms with Gasteiger partial charge in [0, 0.05) is 26.4 Å². The molecule has 1 fully saturated rings. The normalized spacial score (nSPS) is 19.6. The fraction of sp³-hybridized carbons (Fsp3) is 0.933. The maximum atomic E-state index is 11.8. The summed E-state index contributed by atoms with van der Waals surface area (Å²) in [7, 11) is 1.43. The third-order valence-corrected chi connectivity index (χ3v) is 3.86. The third-order valence-electron chi connectivity index (χ3n) is 3.86. The highest BCUT2D eigenvalue weighted by atomic mass is 16.5. The molecule has 118 valence electrons. The Hall–Kier alpha value is -0.650. The summed E-state index contributed by atoms with van der Waals surface area (Å²) in [6.45, 7) is 7.83. The number of ether oxygens (including phenoxy) is 3. The van der Waals surface area contributed by atoms with E-state index >= 15 is 0 Å². The Balaban J connectivity index is 2.18. The Morgan fingerprint density at radius 2 is 2.10 bits per heavy atom. The molecule has 0 amide bonds. The van der Waals surface area contributed by atoms with Gasteiger partial charge in [0.25, 0.3) is 0 Å². The minimum absolute atomic E-state index is 0.205. The molecule has 1 aliphatic heterocycles. The number of methoxy groups -OCH3 is 1. The summed E-state index contributed by atoms with van der Waals surface area (Å²) in [5.74, 6) is 0.424. The highest BCUT2D eigenvalue weighted by Crippen LogP contribution is 2.17. The van der Waals surface area contributed by atoms with E-state index in [1.54, 1.807) is 0 Å². The highest BCUT2D eigenvalue weighted by Gasteiger charge is 2.32. The summed E-state index contributed by atoms with van der Waals surface area (Å²) in [6, 6.07) is 0. The second-order valence-corrected chi connectivity index (χ2v) is 5.59. The number of hydrogen-bond acceptors (Lipinski definition) is 5. The van der Waals surface area contributed by atoms with Crippen molar-refractivity contribution in [2.45, 2.75) is 45.1 Å². The molecule has 0 spiro atoms. The summed E-state index contributed by atoms with van der Waals surface area (Å²) in [4.78, 5) is 11.8. The predicted octanol–water partition coefficient (Wildman–Crippen LogP) is 1.75. The van der Waals surface area contributed by atoms with Gasteiger partial charge in [-0.2, -0.15) is 0 Å². The Labute approximate surface area is 122 Å². The second kappa shape index (κ2) is 9.32. The quantitative estimate of drug-likeness (QED) is 0.517. The van der Waals surface area contributed by atoms with Gasteiger partial charge in [0.05, 0.1) is 7.11 Å². The van der Waals surface area contributed by atoms with Crippen molar-refractivity contribution in [3.8, 4) is 0 Å². The number of rotatable bonds is 9. The minimum Gasteiger partial charge on any atom is -0.468 e. The maximum absolute atomic E-state index is 11.8. The van der Waals surface area contributed by atoms with Gasteiger partial charge in [0.15, 0.2) is 0 Å². The van der Waals surface area contributed by atoms with Crippen LogP contribution in [0.2, 0.25) is 0 Å². The van der Waals surface area contributed by atoms with Crippen molar-refractivity contribution in [3.05, 3.63) is 0 Å². The Bertz CT molecular complexity index is 279. The highest BCUT2D eigenvalue weighted by molar-refractivity contribution is 5.80. The van der Waals surface area contributed by atoms with Crippen molar-refractivity contribution in [1.29, 1.82) is 0 Å². The smallest absolute Gasteiger partial charge is 0.325 e. The fourth-order valence-electron chi connectivity index (χ4n) is 2.57. The molecule has 0 aliphatic carbocycles. The van der Waals surface area contributed by atoms with Crippen molar-refractivity contribution < 1.29 is 19.0 Å². The number of hydrogen-bond donors (Lipinski definition) is 1. The van der Waals surface area contributed by atoms with Crippen molar-refractivity contribution in [2.75, 3.05) is 40.1 Å². The van der Waals surface area contributed by atoms with Gasteiger partial charge < -0.3 is 19.5 Å². The molecule has 0 radical (unpaired) electrons. The van der Waals surface area contributed by atoms with E-state index in [1.165, 1.54) is 7.11 Å². The third kappa shape index (κ3) is 5.77. The van der Waals surface area contributed by atoms with Gasteiger partial charge in [-0.05, 0) is 45.1 Å². The van der Waals surface area contributed by atoms with Crippen LogP contribution >= 0.6 is 0 Å². The van der Waals surface area contributed by atoms with Gasteiger partial charge in [-0.1, -0.05) is 6.92 Å². The fourth-order valence-corrected chi connectivity index (χ4v) is 2.57. The van der Waals surface area contributed by atoms with Gasteiger partial charge in [-0.3, -0.25) is 4.79 Å². The van der Waals surface area contributed by atoms with E-state index < -0.39 is 5.54 Å². The molecule has 20 heavy (non-hydrogen) atoms. The zero-order valence-electron chi connectivity index (χ0n) is 13.1. The van der Waals surface area contributed by atoms with Gasteiger partial charge >= 0.3 is 5.97 Å². The van der Waals surface area contributed by atoms with Crippen LogP contribution in [0.1, 0.15) is 39.5 Å². The van der Waals surface area contributed by atoms with E-state index in [1.807, 2.05) is 13.8 Å². The molecule has 0 aromatic heterocycles. The molecule has 5 heteroatoms. The van der Waals surface area contributed by atoms with Crippen molar-refractivity contribution in [2.24, 2.45) is 5.92 Å². The predicted molar refractivity (Wildman–Crippen MR) is 77.7 cm³/mol. The monoisotopic (exact) mass is 287 g/mol. The number of carbonyl (C=O) groups excluding carboxylic acids is 1. The van der Waals surface area contributed by atoms with Crippen LogP contribution in [0.4, 0.5) is 0 Å². The maximum Gasteiger partial charge on any atom is 0.325 e. The van der Waals surface area contributed by atoms with E-state index in [9.17, 15) is 4.79 Å². The average molecular weight is 287 g/mol. The lowest BCUT2D eigenvalue weighted by molar-refractivity contribution is -0.148. The van der Waals surface area contributed by atoms with Gasteiger partial charge in [0.1, 0.15) is 5.54 Å². The van der Waals surface area contributed by atoms with Crippen LogP contribution in [0.15, 0.2) is 0 Å². The standard InChI is InChI=1S/C15H29NO4/c1-4-16-15(2,14(17)18-3)8-5-9-20-12-13-6-10-19-11-7-13/h13,16H,4-12H2,1-3H3. The van der Waals surface area contributed by atoms with Crippen LogP contribution in [0.5, 0.6) is 0 Å². The summed E-state index contributed by atoms with van der Waals surface area (Å²) < 4.78 is 15.9.